The highest BCUT2D eigenvalue weighted by atomic mass is 16.7. The Balaban J connectivity index is 0. The van der Waals surface area contributed by atoms with Crippen LogP contribution in [0.1, 0.15) is 0 Å². The summed E-state index contributed by atoms with van der Waals surface area (Å²) in [7, 11) is 0. The topological polar surface area (TPSA) is 205 Å². The molecule has 1 heterocycles. The fourth-order valence-corrected chi connectivity index (χ4v) is 0.563. The Hall–Kier alpha value is -2.38. The number of hydrogen-bond donors (Lipinski definition) is 5. The van der Waals surface area contributed by atoms with E-state index in [1.165, 1.54) is 0 Å². The Morgan fingerprint density at radius 2 is 1.93 bits per heavy atom. The first-order valence-corrected chi connectivity index (χ1v) is 2.83. The highest BCUT2D eigenvalue weighted by Crippen LogP contribution is 2.00. The molecule has 0 amide bonds. The van der Waals surface area contributed by atoms with Gasteiger partial charge in [-0.05, 0) is 11.1 Å². The average Bonchev–Trinajstić information content (AvgIpc) is 2.34. The van der Waals surface area contributed by atoms with E-state index in [2.05, 4.69) is 4.84 Å². The van der Waals surface area contributed by atoms with Crippen molar-refractivity contribution in [3.05, 3.63) is 32.3 Å². The number of hydrogen-bond acceptors (Lipinski definition) is 9. The van der Waals surface area contributed by atoms with E-state index in [4.69, 9.17) is 0 Å². The van der Waals surface area contributed by atoms with Crippen LogP contribution < -0.4 is 28.9 Å². The van der Waals surface area contributed by atoms with Crippen molar-refractivity contribution in [2.45, 2.75) is 0 Å². The second kappa shape index (κ2) is 6.13. The summed E-state index contributed by atoms with van der Waals surface area (Å²) < 4.78 is 0. The van der Waals surface area contributed by atoms with Crippen LogP contribution >= 0.6 is 0 Å². The first-order valence-electron chi connectivity index (χ1n) is 2.83. The normalized spacial score (nSPS) is 12.5. The van der Waals surface area contributed by atoms with Crippen molar-refractivity contribution in [1.29, 1.82) is 0 Å². The lowest BCUT2D eigenvalue weighted by molar-refractivity contribution is -0.589. The quantitative estimate of drug-likeness (QED) is 0.270. The van der Waals surface area contributed by atoms with Gasteiger partial charge in [-0.15, -0.1) is 5.12 Å². The second-order valence-corrected chi connectivity index (χ2v) is 1.77. The van der Waals surface area contributed by atoms with Crippen LogP contribution in [0.15, 0.2) is 12.1 Å². The van der Waals surface area contributed by atoms with Gasteiger partial charge in [-0.2, -0.15) is 0 Å². The van der Waals surface area contributed by atoms with Crippen molar-refractivity contribution in [3.63, 3.8) is 0 Å². The van der Waals surface area contributed by atoms with Crippen LogP contribution in [0.3, 0.4) is 0 Å². The van der Waals surface area contributed by atoms with Gasteiger partial charge in [0.1, 0.15) is 0 Å². The third-order valence-electron chi connectivity index (χ3n) is 0.943. The fraction of sp³-hybridized carbons (Fsp3) is 0. The molecule has 13 heteroatoms. The molecule has 1 aliphatic rings. The van der Waals surface area contributed by atoms with Gasteiger partial charge in [-0.25, -0.2) is 20.2 Å². The van der Waals surface area contributed by atoms with Crippen LogP contribution in [-0.4, -0.2) is 15.2 Å². The minimum Gasteiger partial charge on any atom is -0.391 e. The highest BCUT2D eigenvalue weighted by molar-refractivity contribution is 4.90. The minimum atomic E-state index is -0.919. The fourth-order valence-electron chi connectivity index (χ4n) is 0.563. The van der Waals surface area contributed by atoms with Gasteiger partial charge in [0.2, 0.25) is 5.82 Å². The summed E-state index contributed by atoms with van der Waals surface area (Å²) in [6.45, 7) is 0. The van der Waals surface area contributed by atoms with Crippen LogP contribution in [0.5, 0.6) is 0 Å². The predicted octanol–water partition coefficient (Wildman–Crippen LogP) is -1.66. The lowest BCUT2D eigenvalue weighted by Crippen LogP contribution is -2.49. The van der Waals surface area contributed by atoms with Gasteiger partial charge in [0.25, 0.3) is 0 Å². The van der Waals surface area contributed by atoms with Gasteiger partial charge < -0.3 is 17.1 Å². The van der Waals surface area contributed by atoms with E-state index in [-0.39, 0.29) is 18.1 Å². The largest absolute Gasteiger partial charge is 0.391 e. The molecule has 0 aromatic rings. The van der Waals surface area contributed by atoms with E-state index in [9.17, 15) is 20.2 Å². The molecule has 9 N–H and O–H groups in total. The van der Waals surface area contributed by atoms with Gasteiger partial charge in [0.15, 0.2) is 16.3 Å². The van der Waals surface area contributed by atoms with Gasteiger partial charge in [0.05, 0.1) is 0 Å². The third kappa shape index (κ3) is 4.41. The summed E-state index contributed by atoms with van der Waals surface area (Å²) in [5.74, 6) is -0.248. The number of nitrogens with one attached hydrogen (secondary N) is 3. The Bertz CT molecular complexity index is 264. The Kier molecular flexibility index (Phi) is 6.18. The van der Waals surface area contributed by atoms with E-state index in [1.807, 2.05) is 5.59 Å². The summed E-state index contributed by atoms with van der Waals surface area (Å²) in [6, 6.07) is 0. The lowest BCUT2D eigenvalue weighted by Gasteiger charge is -2.11. The summed E-state index contributed by atoms with van der Waals surface area (Å²) in [5, 5.41) is 18.6. The van der Waals surface area contributed by atoms with Crippen molar-refractivity contribution in [2.24, 2.45) is 0 Å². The highest BCUT2D eigenvalue weighted by Gasteiger charge is 2.23. The van der Waals surface area contributed by atoms with Crippen LogP contribution in [0, 0.1) is 20.2 Å². The Morgan fingerprint density at radius 3 is 2.40 bits per heavy atom. The Morgan fingerprint density at radius 1 is 1.33 bits per heavy atom. The standard InChI is InChI=1S/C2H4N6O5.2H3N/c9-7(10)3-2-1-13-5-6(2)4-8(11)12;;/h1,3-5H;2*1H3. The lowest BCUT2D eigenvalue weighted by atomic mass is 10.8. The molecule has 0 aromatic carbocycles. The first kappa shape index (κ1) is 15.1. The number of nitro groups is 2. The second-order valence-electron chi connectivity index (χ2n) is 1.77. The smallest absolute Gasteiger partial charge is 0.247 e. The van der Waals surface area contributed by atoms with Gasteiger partial charge in [-0.1, -0.05) is 5.43 Å². The maximum absolute atomic E-state index is 9.93. The molecule has 0 unspecified atom stereocenters. The van der Waals surface area contributed by atoms with E-state index >= 15 is 0 Å². The van der Waals surface area contributed by atoms with Gasteiger partial charge in [0, 0.05) is 0 Å². The van der Waals surface area contributed by atoms with Crippen molar-refractivity contribution >= 4 is 0 Å². The zero-order chi connectivity index (χ0) is 9.84. The van der Waals surface area contributed by atoms with Crippen molar-refractivity contribution in [2.75, 3.05) is 0 Å². The van der Waals surface area contributed by atoms with Crippen molar-refractivity contribution < 1.29 is 14.9 Å². The zero-order valence-electron chi connectivity index (χ0n) is 7.37. The molecule has 0 radical (unpaired) electrons. The van der Waals surface area contributed by atoms with Crippen molar-refractivity contribution in [1.82, 2.24) is 34.0 Å². The summed E-state index contributed by atoms with van der Waals surface area (Å²) in [6.07, 6.45) is 0.888. The number of hydrazine groups is 4. The average molecular weight is 226 g/mol. The monoisotopic (exact) mass is 226 g/mol. The SMILES string of the molecule is N.N.O=[N+]([O-])NC1=CONN1N[N+](=O)[O-]. The minimum absolute atomic E-state index is 0. The predicted molar refractivity (Wildman–Crippen MR) is 44.4 cm³/mol. The zero-order valence-corrected chi connectivity index (χ0v) is 7.37. The number of nitrogens with zero attached hydrogens (tertiary/aromatic N) is 3. The molecule has 0 aromatic heterocycles. The molecule has 0 saturated carbocycles. The Labute approximate surface area is 82.3 Å². The van der Waals surface area contributed by atoms with Crippen LogP contribution in [0.2, 0.25) is 0 Å². The van der Waals surface area contributed by atoms with Gasteiger partial charge >= 0.3 is 0 Å². The van der Waals surface area contributed by atoms with Crippen LogP contribution in [-0.2, 0) is 4.84 Å². The summed E-state index contributed by atoms with van der Waals surface area (Å²) >= 11 is 0. The van der Waals surface area contributed by atoms with E-state index < -0.39 is 10.1 Å². The molecule has 88 valence electrons. The van der Waals surface area contributed by atoms with Crippen LogP contribution in [0.4, 0.5) is 0 Å². The molecular formula is C2H10N8O5. The molecule has 0 aliphatic carbocycles. The van der Waals surface area contributed by atoms with E-state index in [0.29, 0.717) is 5.12 Å². The van der Waals surface area contributed by atoms with Gasteiger partial charge in [-0.3, -0.25) is 0 Å². The molecule has 15 heavy (non-hydrogen) atoms. The molecule has 0 saturated heterocycles. The maximum atomic E-state index is 9.93. The molecular weight excluding hydrogens is 216 g/mol. The molecule has 0 atom stereocenters. The summed E-state index contributed by atoms with van der Waals surface area (Å²) in [4.78, 5) is 24.2. The molecule has 1 aliphatic heterocycles. The van der Waals surface area contributed by atoms with E-state index in [1.54, 1.807) is 11.0 Å². The van der Waals surface area contributed by atoms with Crippen LogP contribution in [0.25, 0.3) is 0 Å². The molecule has 0 spiro atoms. The maximum Gasteiger partial charge on any atom is 0.247 e. The van der Waals surface area contributed by atoms with Crippen molar-refractivity contribution in [3.8, 4) is 0 Å². The molecule has 13 nitrogen and oxygen atoms in total. The first-order chi connectivity index (χ1) is 6.09. The molecule has 0 bridgehead atoms. The third-order valence-corrected chi connectivity index (χ3v) is 0.943. The number of rotatable bonds is 4. The summed E-state index contributed by atoms with van der Waals surface area (Å²) in [5.41, 5.74) is 5.20. The molecule has 0 fully saturated rings. The molecule has 1 rings (SSSR count). The van der Waals surface area contributed by atoms with E-state index in [0.717, 1.165) is 6.26 Å².